The molecule has 5 nitrogen and oxygen atoms in total. The van der Waals surface area contributed by atoms with E-state index in [1.807, 2.05) is 66.9 Å². The lowest BCUT2D eigenvalue weighted by Gasteiger charge is -2.08. The van der Waals surface area contributed by atoms with Gasteiger partial charge in [-0.2, -0.15) is 0 Å². The molecule has 0 atom stereocenters. The van der Waals surface area contributed by atoms with Gasteiger partial charge in [-0.25, -0.2) is 0 Å². The summed E-state index contributed by atoms with van der Waals surface area (Å²) in [6.07, 6.45) is 0. The molecule has 0 fully saturated rings. The van der Waals surface area contributed by atoms with Gasteiger partial charge in [0.25, 0.3) is 0 Å². The van der Waals surface area contributed by atoms with E-state index in [-0.39, 0.29) is 11.7 Å². The van der Waals surface area contributed by atoms with Crippen LogP contribution in [0.3, 0.4) is 0 Å². The zero-order valence-electron chi connectivity index (χ0n) is 14.6. The van der Waals surface area contributed by atoms with E-state index in [0.29, 0.717) is 11.6 Å². The third-order valence-corrected chi connectivity index (χ3v) is 5.02. The van der Waals surface area contributed by atoms with Crippen LogP contribution in [0.4, 0.5) is 5.69 Å². The highest BCUT2D eigenvalue weighted by Crippen LogP contribution is 2.25. The Balaban J connectivity index is 1.67. The van der Waals surface area contributed by atoms with Gasteiger partial charge < -0.3 is 9.88 Å². The van der Waals surface area contributed by atoms with Crippen LogP contribution in [0.2, 0.25) is 5.02 Å². The van der Waals surface area contributed by atoms with E-state index in [1.54, 1.807) is 0 Å². The Morgan fingerprint density at radius 2 is 1.81 bits per heavy atom. The molecule has 1 heterocycles. The zero-order valence-corrected chi connectivity index (χ0v) is 16.1. The summed E-state index contributed by atoms with van der Waals surface area (Å²) in [5.74, 6) is 0.968. The van der Waals surface area contributed by atoms with Crippen LogP contribution in [0.5, 0.6) is 0 Å². The summed E-state index contributed by atoms with van der Waals surface area (Å²) >= 11 is 7.32. The van der Waals surface area contributed by atoms with Crippen LogP contribution in [-0.2, 0) is 11.3 Å². The van der Waals surface area contributed by atoms with Crippen molar-refractivity contribution in [2.75, 3.05) is 11.1 Å². The lowest BCUT2D eigenvalue weighted by molar-refractivity contribution is -0.113. The molecule has 0 spiro atoms. The number of aryl methyl sites for hydroxylation is 1. The molecule has 3 aromatic rings. The van der Waals surface area contributed by atoms with Crippen LogP contribution in [0, 0.1) is 6.92 Å². The molecular formula is C19H19ClN4OS. The Hall–Kier alpha value is -2.31. The standard InChI is InChI=1S/C19H19ClN4OS/c1-3-24-18(14-6-8-15(20)9-7-14)22-23-19(24)26-12-17(25)21-16-10-4-13(2)5-11-16/h4-11H,3,12H2,1-2H3,(H,21,25). The van der Waals surface area contributed by atoms with Crippen LogP contribution in [0.1, 0.15) is 12.5 Å². The maximum absolute atomic E-state index is 12.2. The second kappa shape index (κ2) is 8.38. The summed E-state index contributed by atoms with van der Waals surface area (Å²) in [5, 5.41) is 12.8. The number of aromatic nitrogens is 3. The van der Waals surface area contributed by atoms with Gasteiger partial charge in [-0.05, 0) is 50.2 Å². The second-order valence-electron chi connectivity index (χ2n) is 5.76. The minimum atomic E-state index is -0.0717. The Morgan fingerprint density at radius 3 is 2.46 bits per heavy atom. The molecule has 7 heteroatoms. The molecule has 0 aliphatic rings. The maximum atomic E-state index is 12.2. The quantitative estimate of drug-likeness (QED) is 0.626. The lowest BCUT2D eigenvalue weighted by Crippen LogP contribution is -2.14. The molecule has 1 N–H and O–H groups in total. The molecule has 2 aromatic carbocycles. The van der Waals surface area contributed by atoms with Gasteiger partial charge in [-0.15, -0.1) is 10.2 Å². The van der Waals surface area contributed by atoms with Gasteiger partial charge >= 0.3 is 0 Å². The predicted molar refractivity (Wildman–Crippen MR) is 107 cm³/mol. The van der Waals surface area contributed by atoms with Gasteiger partial charge in [0.05, 0.1) is 5.75 Å². The average Bonchev–Trinajstić information content (AvgIpc) is 3.05. The first-order valence-electron chi connectivity index (χ1n) is 8.25. The Morgan fingerprint density at radius 1 is 1.12 bits per heavy atom. The molecule has 0 aliphatic carbocycles. The van der Waals surface area contributed by atoms with Gasteiger partial charge in [0.2, 0.25) is 5.91 Å². The van der Waals surface area contributed by atoms with Crippen molar-refractivity contribution in [3.05, 3.63) is 59.1 Å². The number of halogens is 1. The van der Waals surface area contributed by atoms with Gasteiger partial charge in [0.15, 0.2) is 11.0 Å². The highest BCUT2D eigenvalue weighted by atomic mass is 35.5. The molecule has 0 aliphatic heterocycles. The van der Waals surface area contributed by atoms with Crippen molar-refractivity contribution in [2.45, 2.75) is 25.5 Å². The van der Waals surface area contributed by atoms with E-state index in [4.69, 9.17) is 11.6 Å². The first-order chi connectivity index (χ1) is 12.6. The summed E-state index contributed by atoms with van der Waals surface area (Å²) in [6, 6.07) is 15.2. The third-order valence-electron chi connectivity index (χ3n) is 3.80. The van der Waals surface area contributed by atoms with E-state index >= 15 is 0 Å². The number of nitrogens with zero attached hydrogens (tertiary/aromatic N) is 3. The normalized spacial score (nSPS) is 10.7. The molecular weight excluding hydrogens is 368 g/mol. The first kappa shape index (κ1) is 18.5. The summed E-state index contributed by atoms with van der Waals surface area (Å²) in [7, 11) is 0. The average molecular weight is 387 g/mol. The van der Waals surface area contributed by atoms with Crippen LogP contribution in [0.25, 0.3) is 11.4 Å². The summed E-state index contributed by atoms with van der Waals surface area (Å²) < 4.78 is 1.99. The number of benzene rings is 2. The van der Waals surface area contributed by atoms with Crippen molar-refractivity contribution in [1.29, 1.82) is 0 Å². The smallest absolute Gasteiger partial charge is 0.234 e. The number of thioether (sulfide) groups is 1. The number of amides is 1. The molecule has 3 rings (SSSR count). The molecule has 0 saturated heterocycles. The fourth-order valence-corrected chi connectivity index (χ4v) is 3.39. The highest BCUT2D eigenvalue weighted by molar-refractivity contribution is 7.99. The number of carbonyl (C=O) groups is 1. The molecule has 0 bridgehead atoms. The maximum Gasteiger partial charge on any atom is 0.234 e. The van der Waals surface area contributed by atoms with Crippen molar-refractivity contribution in [1.82, 2.24) is 14.8 Å². The van der Waals surface area contributed by atoms with E-state index < -0.39 is 0 Å². The van der Waals surface area contributed by atoms with Crippen LogP contribution >= 0.6 is 23.4 Å². The van der Waals surface area contributed by atoms with E-state index in [2.05, 4.69) is 15.5 Å². The Labute approximate surface area is 161 Å². The van der Waals surface area contributed by atoms with Crippen molar-refractivity contribution in [3.8, 4) is 11.4 Å². The Bertz CT molecular complexity index is 891. The van der Waals surface area contributed by atoms with Crippen molar-refractivity contribution in [3.63, 3.8) is 0 Å². The zero-order chi connectivity index (χ0) is 18.5. The topological polar surface area (TPSA) is 59.8 Å². The van der Waals surface area contributed by atoms with E-state index in [9.17, 15) is 4.79 Å². The largest absolute Gasteiger partial charge is 0.325 e. The molecule has 1 aromatic heterocycles. The number of hydrogen-bond donors (Lipinski definition) is 1. The molecule has 0 radical (unpaired) electrons. The SMILES string of the molecule is CCn1c(SCC(=O)Nc2ccc(C)cc2)nnc1-c1ccc(Cl)cc1. The number of rotatable bonds is 6. The van der Waals surface area contributed by atoms with Gasteiger partial charge in [-0.3, -0.25) is 4.79 Å². The van der Waals surface area contributed by atoms with E-state index in [0.717, 1.165) is 27.8 Å². The first-order valence-corrected chi connectivity index (χ1v) is 9.61. The summed E-state index contributed by atoms with van der Waals surface area (Å²) in [6.45, 7) is 4.75. The number of hydrogen-bond acceptors (Lipinski definition) is 4. The van der Waals surface area contributed by atoms with Crippen molar-refractivity contribution >= 4 is 35.0 Å². The molecule has 1 amide bonds. The van der Waals surface area contributed by atoms with Crippen LogP contribution < -0.4 is 5.32 Å². The van der Waals surface area contributed by atoms with Crippen LogP contribution in [0.15, 0.2) is 53.7 Å². The summed E-state index contributed by atoms with van der Waals surface area (Å²) in [5.41, 5.74) is 2.89. The lowest BCUT2D eigenvalue weighted by atomic mass is 10.2. The van der Waals surface area contributed by atoms with Gasteiger partial charge in [-0.1, -0.05) is 41.1 Å². The fraction of sp³-hybridized carbons (Fsp3) is 0.211. The third kappa shape index (κ3) is 4.45. The molecule has 0 saturated carbocycles. The number of nitrogens with one attached hydrogen (secondary N) is 1. The highest BCUT2D eigenvalue weighted by Gasteiger charge is 2.14. The van der Waals surface area contributed by atoms with Crippen LogP contribution in [-0.4, -0.2) is 26.4 Å². The van der Waals surface area contributed by atoms with Crippen molar-refractivity contribution in [2.24, 2.45) is 0 Å². The number of anilines is 1. The molecule has 0 unspecified atom stereocenters. The number of carbonyl (C=O) groups excluding carboxylic acids is 1. The van der Waals surface area contributed by atoms with Gasteiger partial charge in [0.1, 0.15) is 0 Å². The second-order valence-corrected chi connectivity index (χ2v) is 7.14. The van der Waals surface area contributed by atoms with E-state index in [1.165, 1.54) is 11.8 Å². The minimum Gasteiger partial charge on any atom is -0.325 e. The van der Waals surface area contributed by atoms with Gasteiger partial charge in [0, 0.05) is 22.8 Å². The summed E-state index contributed by atoms with van der Waals surface area (Å²) in [4.78, 5) is 12.2. The monoisotopic (exact) mass is 386 g/mol. The Kier molecular flexibility index (Phi) is 5.96. The predicted octanol–water partition coefficient (Wildman–Crippen LogP) is 4.66. The fourth-order valence-electron chi connectivity index (χ4n) is 2.46. The molecule has 134 valence electrons. The minimum absolute atomic E-state index is 0.0717. The molecule has 26 heavy (non-hydrogen) atoms. The van der Waals surface area contributed by atoms with Crippen molar-refractivity contribution < 1.29 is 4.79 Å².